The molecular weight excluding hydrogens is 314 g/mol. The van der Waals surface area contributed by atoms with Crippen molar-refractivity contribution in [2.24, 2.45) is 11.8 Å². The van der Waals surface area contributed by atoms with Gasteiger partial charge in [0, 0.05) is 5.92 Å². The van der Waals surface area contributed by atoms with Crippen molar-refractivity contribution in [3.8, 4) is 0 Å². The minimum atomic E-state index is -3.38. The number of anilines is 2. The molecule has 2 rings (SSSR count). The van der Waals surface area contributed by atoms with Crippen LogP contribution < -0.4 is 15.4 Å². The van der Waals surface area contributed by atoms with Gasteiger partial charge in [0.15, 0.2) is 0 Å². The molecule has 1 aromatic rings. The molecule has 0 aliphatic carbocycles. The van der Waals surface area contributed by atoms with Crippen molar-refractivity contribution in [3.63, 3.8) is 0 Å². The Morgan fingerprint density at radius 1 is 1.29 bits per heavy atom. The van der Waals surface area contributed by atoms with E-state index >= 15 is 0 Å². The van der Waals surface area contributed by atoms with Gasteiger partial charge in [-0.1, -0.05) is 19.1 Å². The predicted molar refractivity (Wildman–Crippen MR) is 86.3 cm³/mol. The summed E-state index contributed by atoms with van der Waals surface area (Å²) in [6.07, 6.45) is 1.08. The number of sulfonamides is 1. The van der Waals surface area contributed by atoms with E-state index in [-0.39, 0.29) is 24.2 Å². The maximum Gasteiger partial charge on any atom is 0.229 e. The molecule has 1 fully saturated rings. The molecule has 0 spiro atoms. The van der Waals surface area contributed by atoms with E-state index in [0.29, 0.717) is 17.3 Å². The Morgan fingerprint density at radius 3 is 2.33 bits per heavy atom. The molecule has 0 radical (unpaired) electrons. The Hall–Kier alpha value is -1.31. The van der Waals surface area contributed by atoms with Crippen LogP contribution >= 0.6 is 12.4 Å². The zero-order valence-corrected chi connectivity index (χ0v) is 13.6. The van der Waals surface area contributed by atoms with Crippen molar-refractivity contribution < 1.29 is 13.2 Å². The van der Waals surface area contributed by atoms with Crippen LogP contribution in [-0.2, 0) is 14.8 Å². The van der Waals surface area contributed by atoms with E-state index in [2.05, 4.69) is 15.4 Å². The number of halogens is 1. The van der Waals surface area contributed by atoms with E-state index in [1.165, 1.54) is 0 Å². The van der Waals surface area contributed by atoms with Crippen LogP contribution in [0.4, 0.5) is 11.4 Å². The summed E-state index contributed by atoms with van der Waals surface area (Å²) in [5, 5.41) is 5.92. The van der Waals surface area contributed by atoms with Crippen molar-refractivity contribution >= 4 is 39.7 Å². The highest BCUT2D eigenvalue weighted by molar-refractivity contribution is 7.92. The normalized spacial score (nSPS) is 16.3. The van der Waals surface area contributed by atoms with Crippen LogP contribution in [-0.4, -0.2) is 33.7 Å². The lowest BCUT2D eigenvalue weighted by molar-refractivity contribution is -0.121. The van der Waals surface area contributed by atoms with E-state index in [9.17, 15) is 13.2 Å². The molecule has 0 aromatic heterocycles. The number of hydrogen-bond acceptors (Lipinski definition) is 4. The smallest absolute Gasteiger partial charge is 0.229 e. The van der Waals surface area contributed by atoms with Gasteiger partial charge in [-0.05, 0) is 31.1 Å². The molecule has 6 nitrogen and oxygen atoms in total. The highest BCUT2D eigenvalue weighted by Gasteiger charge is 2.29. The number of carbonyl (C=O) groups excluding carboxylic acids is 1. The second kappa shape index (κ2) is 7.11. The van der Waals surface area contributed by atoms with Crippen molar-refractivity contribution in [2.45, 2.75) is 6.92 Å². The minimum absolute atomic E-state index is 0. The number of hydrogen-bond donors (Lipinski definition) is 3. The molecule has 1 aliphatic heterocycles. The van der Waals surface area contributed by atoms with Crippen molar-refractivity contribution in [2.75, 3.05) is 29.4 Å². The maximum atomic E-state index is 12.1. The Labute approximate surface area is 131 Å². The number of carbonyl (C=O) groups is 1. The van der Waals surface area contributed by atoms with Crippen LogP contribution in [0.1, 0.15) is 6.92 Å². The molecule has 1 saturated heterocycles. The second-order valence-corrected chi connectivity index (χ2v) is 6.86. The largest absolute Gasteiger partial charge is 0.324 e. The second-order valence-electron chi connectivity index (χ2n) is 5.12. The fourth-order valence-corrected chi connectivity index (χ4v) is 2.58. The van der Waals surface area contributed by atoms with Gasteiger partial charge in [-0.15, -0.1) is 12.4 Å². The monoisotopic (exact) mass is 333 g/mol. The average Bonchev–Trinajstić information content (AvgIpc) is 2.27. The molecule has 8 heteroatoms. The molecule has 118 valence electrons. The fraction of sp³-hybridized carbons (Fsp3) is 0.462. The lowest BCUT2D eigenvalue weighted by atomic mass is 9.88. The number of amides is 1. The standard InChI is InChI=1S/C13H19N3O3S.ClH/c1-9(10-7-14-8-10)13(17)15-11-5-3-4-6-12(11)16-20(2,18)19;/h3-6,9-10,14,16H,7-8H2,1-2H3,(H,15,17);1H. The third-order valence-corrected chi connectivity index (χ3v) is 4.00. The third-order valence-electron chi connectivity index (χ3n) is 3.41. The quantitative estimate of drug-likeness (QED) is 0.757. The molecule has 1 atom stereocenters. The molecular formula is C13H20ClN3O3S. The molecule has 1 aromatic carbocycles. The van der Waals surface area contributed by atoms with E-state index in [0.717, 1.165) is 19.3 Å². The van der Waals surface area contributed by atoms with E-state index < -0.39 is 10.0 Å². The van der Waals surface area contributed by atoms with Gasteiger partial charge in [-0.2, -0.15) is 0 Å². The molecule has 21 heavy (non-hydrogen) atoms. The number of rotatable bonds is 5. The molecule has 3 N–H and O–H groups in total. The number of benzene rings is 1. The van der Waals surface area contributed by atoms with Gasteiger partial charge in [-0.25, -0.2) is 8.42 Å². The van der Waals surface area contributed by atoms with E-state index in [1.54, 1.807) is 24.3 Å². The summed E-state index contributed by atoms with van der Waals surface area (Å²) in [5.41, 5.74) is 0.851. The zero-order chi connectivity index (χ0) is 14.8. The minimum Gasteiger partial charge on any atom is -0.324 e. The Morgan fingerprint density at radius 2 is 1.86 bits per heavy atom. The van der Waals surface area contributed by atoms with Crippen LogP contribution in [0.25, 0.3) is 0 Å². The summed E-state index contributed by atoms with van der Waals surface area (Å²) in [6, 6.07) is 6.75. The lowest BCUT2D eigenvalue weighted by Crippen LogP contribution is -2.48. The van der Waals surface area contributed by atoms with Gasteiger partial charge < -0.3 is 10.6 Å². The predicted octanol–water partition coefficient (Wildman–Crippen LogP) is 1.27. The van der Waals surface area contributed by atoms with E-state index in [1.807, 2.05) is 6.92 Å². The summed E-state index contributed by atoms with van der Waals surface area (Å²) in [5.74, 6) is 0.131. The van der Waals surface area contributed by atoms with Gasteiger partial charge in [-0.3, -0.25) is 9.52 Å². The number of nitrogens with one attached hydrogen (secondary N) is 3. The molecule has 1 amide bonds. The van der Waals surface area contributed by atoms with Gasteiger partial charge in [0.1, 0.15) is 0 Å². The Kier molecular flexibility index (Phi) is 6.00. The average molecular weight is 334 g/mol. The Bertz CT molecular complexity index is 602. The summed E-state index contributed by atoms with van der Waals surface area (Å²) in [4.78, 5) is 12.1. The first-order valence-corrected chi connectivity index (χ1v) is 8.34. The van der Waals surface area contributed by atoms with Gasteiger partial charge in [0.2, 0.25) is 15.9 Å². The first kappa shape index (κ1) is 17.7. The van der Waals surface area contributed by atoms with Crippen LogP contribution in [0.15, 0.2) is 24.3 Å². The summed E-state index contributed by atoms with van der Waals surface area (Å²) in [7, 11) is -3.38. The van der Waals surface area contributed by atoms with Crippen LogP contribution in [0.2, 0.25) is 0 Å². The molecule has 0 saturated carbocycles. The first-order valence-electron chi connectivity index (χ1n) is 6.45. The van der Waals surface area contributed by atoms with Crippen LogP contribution in [0, 0.1) is 11.8 Å². The highest BCUT2D eigenvalue weighted by Crippen LogP contribution is 2.24. The van der Waals surface area contributed by atoms with E-state index in [4.69, 9.17) is 0 Å². The Balaban J connectivity index is 0.00000220. The third kappa shape index (κ3) is 4.87. The molecule has 1 heterocycles. The number of para-hydroxylation sites is 2. The molecule has 0 bridgehead atoms. The topological polar surface area (TPSA) is 87.3 Å². The van der Waals surface area contributed by atoms with Crippen LogP contribution in [0.5, 0.6) is 0 Å². The van der Waals surface area contributed by atoms with Crippen LogP contribution in [0.3, 0.4) is 0 Å². The highest BCUT2D eigenvalue weighted by atomic mass is 35.5. The fourth-order valence-electron chi connectivity index (χ4n) is 2.01. The molecule has 1 aliphatic rings. The summed E-state index contributed by atoms with van der Waals surface area (Å²) in [6.45, 7) is 3.57. The maximum absolute atomic E-state index is 12.1. The molecule has 1 unspecified atom stereocenters. The van der Waals surface area contributed by atoms with Gasteiger partial charge >= 0.3 is 0 Å². The van der Waals surface area contributed by atoms with Crippen molar-refractivity contribution in [3.05, 3.63) is 24.3 Å². The van der Waals surface area contributed by atoms with Crippen molar-refractivity contribution in [1.29, 1.82) is 0 Å². The van der Waals surface area contributed by atoms with Gasteiger partial charge in [0.25, 0.3) is 0 Å². The van der Waals surface area contributed by atoms with Crippen molar-refractivity contribution in [1.82, 2.24) is 5.32 Å². The SMILES string of the molecule is CC(C(=O)Nc1ccccc1NS(C)(=O)=O)C1CNC1.Cl. The summed E-state index contributed by atoms with van der Waals surface area (Å²) < 4.78 is 25.0. The first-order chi connectivity index (χ1) is 9.37. The zero-order valence-electron chi connectivity index (χ0n) is 11.9. The summed E-state index contributed by atoms with van der Waals surface area (Å²) >= 11 is 0. The van der Waals surface area contributed by atoms with Gasteiger partial charge in [0.05, 0.1) is 17.6 Å². The lowest BCUT2D eigenvalue weighted by Gasteiger charge is -2.31.